The first-order chi connectivity index (χ1) is 11.0. The first kappa shape index (κ1) is 16.9. The monoisotopic (exact) mass is 319 g/mol. The molecule has 0 spiro atoms. The van der Waals surface area contributed by atoms with Crippen molar-refractivity contribution in [3.05, 3.63) is 36.1 Å². The number of hydrogen-bond donors (Lipinski definition) is 1. The van der Waals surface area contributed by atoms with Crippen LogP contribution in [0.5, 0.6) is 5.75 Å². The highest BCUT2D eigenvalue weighted by atomic mass is 16.5. The molecule has 0 aliphatic carbocycles. The molecule has 1 N–H and O–H groups in total. The lowest BCUT2D eigenvalue weighted by molar-refractivity contribution is -0.144. The fourth-order valence-corrected chi connectivity index (χ4v) is 2.54. The van der Waals surface area contributed by atoms with Crippen molar-refractivity contribution in [1.29, 1.82) is 0 Å². The number of allylic oxidation sites excluding steroid dienone is 1. The van der Waals surface area contributed by atoms with Crippen LogP contribution < -0.4 is 10.1 Å². The summed E-state index contributed by atoms with van der Waals surface area (Å²) in [5.74, 6) is -0.0380. The number of hydrogen-bond acceptors (Lipinski definition) is 6. The third-order valence-corrected chi connectivity index (χ3v) is 3.59. The second-order valence-electron chi connectivity index (χ2n) is 5.18. The fourth-order valence-electron chi connectivity index (χ4n) is 2.54. The van der Waals surface area contributed by atoms with Crippen LogP contribution in [0.2, 0.25) is 0 Å². The van der Waals surface area contributed by atoms with E-state index in [1.807, 2.05) is 18.2 Å². The quantitative estimate of drug-likeness (QED) is 0.664. The van der Waals surface area contributed by atoms with Gasteiger partial charge in [-0.3, -0.25) is 4.79 Å². The van der Waals surface area contributed by atoms with Gasteiger partial charge < -0.3 is 19.5 Å². The number of anilines is 1. The topological polar surface area (TPSA) is 73.9 Å². The highest BCUT2D eigenvalue weighted by Gasteiger charge is 2.30. The first-order valence-electron chi connectivity index (χ1n) is 7.50. The highest BCUT2D eigenvalue weighted by Crippen LogP contribution is 2.37. The molecule has 1 heterocycles. The van der Waals surface area contributed by atoms with Gasteiger partial charge >= 0.3 is 11.9 Å². The molecule has 0 fully saturated rings. The Balaban J connectivity index is 2.28. The van der Waals surface area contributed by atoms with E-state index in [4.69, 9.17) is 14.2 Å². The Kier molecular flexibility index (Phi) is 5.62. The summed E-state index contributed by atoms with van der Waals surface area (Å²) in [5.41, 5.74) is 1.82. The van der Waals surface area contributed by atoms with Crippen LogP contribution in [0.1, 0.15) is 31.7 Å². The fraction of sp³-hybridized carbons (Fsp3) is 0.412. The minimum Gasteiger partial charge on any atom is -0.497 e. The molecule has 1 aromatic rings. The number of carbonyl (C=O) groups excluding carboxylic acids is 2. The molecule has 1 aliphatic heterocycles. The van der Waals surface area contributed by atoms with Gasteiger partial charge in [-0.05, 0) is 43.2 Å². The number of rotatable bonds is 5. The molecular weight excluding hydrogens is 298 g/mol. The Bertz CT molecular complexity index is 611. The number of benzene rings is 1. The van der Waals surface area contributed by atoms with Gasteiger partial charge in [0.05, 0.1) is 20.0 Å². The van der Waals surface area contributed by atoms with Crippen molar-refractivity contribution in [2.24, 2.45) is 0 Å². The Morgan fingerprint density at radius 1 is 1.39 bits per heavy atom. The number of esters is 2. The molecule has 6 heteroatoms. The van der Waals surface area contributed by atoms with E-state index in [-0.39, 0.29) is 17.9 Å². The van der Waals surface area contributed by atoms with E-state index in [0.717, 1.165) is 17.0 Å². The van der Waals surface area contributed by atoms with E-state index >= 15 is 0 Å². The maximum atomic E-state index is 12.0. The van der Waals surface area contributed by atoms with Crippen molar-refractivity contribution in [3.8, 4) is 5.75 Å². The summed E-state index contributed by atoms with van der Waals surface area (Å²) in [6, 6.07) is 5.16. The second kappa shape index (κ2) is 7.67. The molecule has 0 saturated carbocycles. The Morgan fingerprint density at radius 2 is 2.17 bits per heavy atom. The van der Waals surface area contributed by atoms with Crippen LogP contribution in [-0.4, -0.2) is 31.7 Å². The van der Waals surface area contributed by atoms with Gasteiger partial charge in [0, 0.05) is 18.5 Å². The third-order valence-electron chi connectivity index (χ3n) is 3.59. The standard InChI is InChI=1S/C17H21NO5/c1-4-22-17(20)16-9-12(7-8-23-11(2)19)14-10-13(21-3)5-6-15(14)18-16/h5-8,10,12,16,18H,4,9H2,1-3H3/b8-7+. The zero-order valence-corrected chi connectivity index (χ0v) is 13.5. The molecular formula is C17H21NO5. The average molecular weight is 319 g/mol. The third kappa shape index (κ3) is 4.25. The van der Waals surface area contributed by atoms with Crippen molar-refractivity contribution in [3.63, 3.8) is 0 Å². The summed E-state index contributed by atoms with van der Waals surface area (Å²) < 4.78 is 15.2. The maximum absolute atomic E-state index is 12.0. The van der Waals surface area contributed by atoms with E-state index in [0.29, 0.717) is 13.0 Å². The van der Waals surface area contributed by atoms with E-state index in [1.54, 1.807) is 20.1 Å². The Morgan fingerprint density at radius 3 is 2.83 bits per heavy atom. The van der Waals surface area contributed by atoms with Crippen LogP contribution in [0.4, 0.5) is 5.69 Å². The normalized spacial score (nSPS) is 19.6. The number of methoxy groups -OCH3 is 1. The molecule has 0 radical (unpaired) electrons. The van der Waals surface area contributed by atoms with Gasteiger partial charge in [0.15, 0.2) is 0 Å². The van der Waals surface area contributed by atoms with E-state index in [9.17, 15) is 9.59 Å². The molecule has 1 aliphatic rings. The van der Waals surface area contributed by atoms with Gasteiger partial charge in [0.2, 0.25) is 0 Å². The molecule has 0 amide bonds. The minimum atomic E-state index is -0.442. The van der Waals surface area contributed by atoms with Crippen LogP contribution >= 0.6 is 0 Å². The minimum absolute atomic E-state index is 0.0879. The number of nitrogens with one attached hydrogen (secondary N) is 1. The van der Waals surface area contributed by atoms with Crippen molar-refractivity contribution in [2.75, 3.05) is 19.0 Å². The lowest BCUT2D eigenvalue weighted by Gasteiger charge is -2.30. The molecule has 0 aromatic heterocycles. The number of ether oxygens (including phenoxy) is 3. The lowest BCUT2D eigenvalue weighted by Crippen LogP contribution is -2.36. The summed E-state index contributed by atoms with van der Waals surface area (Å²) in [4.78, 5) is 22.9. The van der Waals surface area contributed by atoms with Crippen LogP contribution in [-0.2, 0) is 19.1 Å². The zero-order chi connectivity index (χ0) is 16.8. The van der Waals surface area contributed by atoms with Gasteiger partial charge in [-0.1, -0.05) is 0 Å². The predicted molar refractivity (Wildman–Crippen MR) is 85.3 cm³/mol. The summed E-state index contributed by atoms with van der Waals surface area (Å²) in [6.07, 6.45) is 3.65. The zero-order valence-electron chi connectivity index (χ0n) is 13.5. The van der Waals surface area contributed by atoms with Crippen molar-refractivity contribution in [2.45, 2.75) is 32.2 Å². The van der Waals surface area contributed by atoms with Gasteiger partial charge in [-0.2, -0.15) is 0 Å². The Labute approximate surface area is 135 Å². The van der Waals surface area contributed by atoms with E-state index in [2.05, 4.69) is 5.32 Å². The molecule has 6 nitrogen and oxygen atoms in total. The van der Waals surface area contributed by atoms with Crippen molar-refractivity contribution < 1.29 is 23.8 Å². The summed E-state index contributed by atoms with van der Waals surface area (Å²) in [5, 5.41) is 3.19. The van der Waals surface area contributed by atoms with Gasteiger partial charge in [-0.25, -0.2) is 4.79 Å². The van der Waals surface area contributed by atoms with Crippen LogP contribution in [0.25, 0.3) is 0 Å². The summed E-state index contributed by atoms with van der Waals surface area (Å²) >= 11 is 0. The molecule has 0 bridgehead atoms. The molecule has 23 heavy (non-hydrogen) atoms. The molecule has 2 atom stereocenters. The molecule has 2 unspecified atom stereocenters. The maximum Gasteiger partial charge on any atom is 0.328 e. The predicted octanol–water partition coefficient (Wildman–Crippen LogP) is 2.60. The second-order valence-corrected chi connectivity index (χ2v) is 5.18. The highest BCUT2D eigenvalue weighted by molar-refractivity contribution is 5.81. The van der Waals surface area contributed by atoms with Crippen molar-refractivity contribution >= 4 is 17.6 Å². The molecule has 2 rings (SSSR count). The molecule has 1 aromatic carbocycles. The van der Waals surface area contributed by atoms with E-state index < -0.39 is 6.04 Å². The van der Waals surface area contributed by atoms with Crippen LogP contribution in [0.15, 0.2) is 30.5 Å². The van der Waals surface area contributed by atoms with Gasteiger partial charge in [-0.15, -0.1) is 0 Å². The smallest absolute Gasteiger partial charge is 0.328 e. The lowest BCUT2D eigenvalue weighted by atomic mass is 9.87. The van der Waals surface area contributed by atoms with Crippen molar-refractivity contribution in [1.82, 2.24) is 0 Å². The summed E-state index contributed by atoms with van der Waals surface area (Å²) in [6.45, 7) is 3.45. The molecule has 0 saturated heterocycles. The SMILES string of the molecule is CCOC(=O)C1CC(/C=C/OC(C)=O)c2cc(OC)ccc2N1. The summed E-state index contributed by atoms with van der Waals surface area (Å²) in [7, 11) is 1.60. The average Bonchev–Trinajstić information content (AvgIpc) is 2.54. The largest absolute Gasteiger partial charge is 0.497 e. The van der Waals surface area contributed by atoms with Crippen LogP contribution in [0, 0.1) is 0 Å². The first-order valence-corrected chi connectivity index (χ1v) is 7.50. The van der Waals surface area contributed by atoms with Gasteiger partial charge in [0.1, 0.15) is 11.8 Å². The van der Waals surface area contributed by atoms with Crippen LogP contribution in [0.3, 0.4) is 0 Å². The molecule has 124 valence electrons. The number of fused-ring (bicyclic) bond motifs is 1. The van der Waals surface area contributed by atoms with E-state index in [1.165, 1.54) is 13.2 Å². The number of carbonyl (C=O) groups is 2. The Hall–Kier alpha value is -2.50. The van der Waals surface area contributed by atoms with Gasteiger partial charge in [0.25, 0.3) is 0 Å².